The summed E-state index contributed by atoms with van der Waals surface area (Å²) >= 11 is 0. The zero-order valence-electron chi connectivity index (χ0n) is 4.09. The molecule has 0 spiro atoms. The Morgan fingerprint density at radius 3 is 1.62 bits per heavy atom. The van der Waals surface area contributed by atoms with E-state index in [2.05, 4.69) is 4.74 Å². The predicted molar refractivity (Wildman–Crippen MR) is 20.2 cm³/mol. The Kier molecular flexibility index (Phi) is 2.55. The van der Waals surface area contributed by atoms with Crippen LogP contribution in [-0.4, -0.2) is 11.9 Å². The summed E-state index contributed by atoms with van der Waals surface area (Å²) in [6.45, 7) is 0. The molecule has 1 rings (SSSR count). The molecule has 3 nitrogen and oxygen atoms in total. The SMILES string of the molecule is O=C1C=CC(=O)O1.[Zn]. The normalized spacial score (nSPS) is 15.5. The van der Waals surface area contributed by atoms with Crippen molar-refractivity contribution >= 4 is 11.9 Å². The maximum Gasteiger partial charge on any atom is 0.338 e. The minimum Gasteiger partial charge on any atom is -0.387 e. The summed E-state index contributed by atoms with van der Waals surface area (Å²) in [5.41, 5.74) is 0. The summed E-state index contributed by atoms with van der Waals surface area (Å²) < 4.78 is 3.97. The summed E-state index contributed by atoms with van der Waals surface area (Å²) in [6, 6.07) is 0. The average molecular weight is 163 g/mol. The first-order valence-corrected chi connectivity index (χ1v) is 1.73. The number of hydrogen-bond donors (Lipinski definition) is 0. The topological polar surface area (TPSA) is 43.4 Å². The fourth-order valence-electron chi connectivity index (χ4n) is 0.303. The standard InChI is InChI=1S/C4H2O3.Zn/c5-3-1-2-4(6)7-3;/h1-2H;. The van der Waals surface area contributed by atoms with E-state index in [1.54, 1.807) is 0 Å². The third kappa shape index (κ3) is 1.54. The van der Waals surface area contributed by atoms with Crippen molar-refractivity contribution < 1.29 is 33.8 Å². The summed E-state index contributed by atoms with van der Waals surface area (Å²) in [7, 11) is 0. The van der Waals surface area contributed by atoms with Gasteiger partial charge in [-0.05, 0) is 0 Å². The molecule has 0 aromatic rings. The fraction of sp³-hybridized carbons (Fsp3) is 0. The summed E-state index contributed by atoms with van der Waals surface area (Å²) in [5, 5.41) is 0. The van der Waals surface area contributed by atoms with Crippen LogP contribution in [0.5, 0.6) is 0 Å². The van der Waals surface area contributed by atoms with Crippen LogP contribution >= 0.6 is 0 Å². The zero-order chi connectivity index (χ0) is 5.28. The van der Waals surface area contributed by atoms with Crippen LogP contribution in [0.2, 0.25) is 0 Å². The van der Waals surface area contributed by atoms with Gasteiger partial charge in [0.05, 0.1) is 0 Å². The van der Waals surface area contributed by atoms with Gasteiger partial charge in [-0.2, -0.15) is 0 Å². The van der Waals surface area contributed by atoms with Crippen LogP contribution in [0.25, 0.3) is 0 Å². The molecule has 38 valence electrons. The summed E-state index contributed by atoms with van der Waals surface area (Å²) in [4.78, 5) is 19.8. The van der Waals surface area contributed by atoms with Gasteiger partial charge in [0.15, 0.2) is 0 Å². The van der Waals surface area contributed by atoms with Gasteiger partial charge >= 0.3 is 11.9 Å². The van der Waals surface area contributed by atoms with Gasteiger partial charge in [0.25, 0.3) is 0 Å². The maximum atomic E-state index is 9.92. The molecule has 0 radical (unpaired) electrons. The van der Waals surface area contributed by atoms with Crippen LogP contribution in [0.3, 0.4) is 0 Å². The molecule has 0 saturated carbocycles. The Morgan fingerprint density at radius 1 is 1.12 bits per heavy atom. The first-order chi connectivity index (χ1) is 3.29. The molecule has 0 aromatic carbocycles. The molecule has 8 heavy (non-hydrogen) atoms. The van der Waals surface area contributed by atoms with Crippen LogP contribution < -0.4 is 0 Å². The average Bonchev–Trinajstić information content (AvgIpc) is 1.87. The van der Waals surface area contributed by atoms with Crippen LogP contribution in [0, 0.1) is 0 Å². The Morgan fingerprint density at radius 2 is 1.50 bits per heavy atom. The van der Waals surface area contributed by atoms with E-state index in [1.165, 1.54) is 0 Å². The monoisotopic (exact) mass is 162 g/mol. The van der Waals surface area contributed by atoms with Crippen LogP contribution in [0.4, 0.5) is 0 Å². The van der Waals surface area contributed by atoms with Gasteiger partial charge in [-0.25, -0.2) is 9.59 Å². The predicted octanol–water partition coefficient (Wildman–Crippen LogP) is -0.377. The van der Waals surface area contributed by atoms with Crippen molar-refractivity contribution in [1.29, 1.82) is 0 Å². The molecule has 0 amide bonds. The number of cyclic esters (lactones) is 2. The quantitative estimate of drug-likeness (QED) is 0.278. The van der Waals surface area contributed by atoms with Crippen LogP contribution in [0.15, 0.2) is 12.2 Å². The molecule has 0 atom stereocenters. The van der Waals surface area contributed by atoms with E-state index < -0.39 is 11.9 Å². The molecule has 0 aromatic heterocycles. The molecule has 0 fully saturated rings. The van der Waals surface area contributed by atoms with Gasteiger partial charge < -0.3 is 4.74 Å². The van der Waals surface area contributed by atoms with Crippen molar-refractivity contribution in [3.8, 4) is 0 Å². The number of esters is 2. The Bertz CT molecular complexity index is 133. The fourth-order valence-corrected chi connectivity index (χ4v) is 0.303. The second kappa shape index (κ2) is 2.72. The van der Waals surface area contributed by atoms with Crippen LogP contribution in [0.1, 0.15) is 0 Å². The molecule has 0 unspecified atom stereocenters. The van der Waals surface area contributed by atoms with Crippen molar-refractivity contribution in [2.24, 2.45) is 0 Å². The van der Waals surface area contributed by atoms with Gasteiger partial charge in [0.1, 0.15) is 0 Å². The van der Waals surface area contributed by atoms with Gasteiger partial charge in [-0.1, -0.05) is 0 Å². The minimum atomic E-state index is -0.579. The number of ether oxygens (including phenoxy) is 1. The molecule has 4 heteroatoms. The Labute approximate surface area is 58.5 Å². The van der Waals surface area contributed by atoms with Gasteiger partial charge in [0.2, 0.25) is 0 Å². The van der Waals surface area contributed by atoms with E-state index in [1.807, 2.05) is 0 Å². The van der Waals surface area contributed by atoms with Crippen molar-refractivity contribution in [2.45, 2.75) is 0 Å². The Balaban J connectivity index is 0.000000490. The van der Waals surface area contributed by atoms with Crippen molar-refractivity contribution in [2.75, 3.05) is 0 Å². The Hall–Kier alpha value is -0.497. The first-order valence-electron chi connectivity index (χ1n) is 1.73. The number of carbonyl (C=O) groups is 2. The molecule has 1 aliphatic rings. The number of hydrogen-bond acceptors (Lipinski definition) is 3. The molecule has 0 bridgehead atoms. The smallest absolute Gasteiger partial charge is 0.338 e. The minimum absolute atomic E-state index is 0. The molecular weight excluding hydrogens is 161 g/mol. The molecule has 0 saturated heterocycles. The zero-order valence-corrected chi connectivity index (χ0v) is 7.05. The molecule has 1 aliphatic heterocycles. The van der Waals surface area contributed by atoms with Gasteiger partial charge in [-0.3, -0.25) is 0 Å². The molecule has 0 N–H and O–H groups in total. The maximum absolute atomic E-state index is 9.92. The van der Waals surface area contributed by atoms with Crippen LogP contribution in [-0.2, 0) is 33.8 Å². The molecular formula is C4H2O3Zn. The number of rotatable bonds is 0. The second-order valence-corrected chi connectivity index (χ2v) is 1.07. The van der Waals surface area contributed by atoms with Gasteiger partial charge in [-0.15, -0.1) is 0 Å². The summed E-state index contributed by atoms with van der Waals surface area (Å²) in [5.74, 6) is -1.16. The van der Waals surface area contributed by atoms with E-state index in [0.717, 1.165) is 12.2 Å². The van der Waals surface area contributed by atoms with Crippen molar-refractivity contribution in [3.05, 3.63) is 12.2 Å². The summed E-state index contributed by atoms with van der Waals surface area (Å²) in [6.07, 6.45) is 2.17. The van der Waals surface area contributed by atoms with Crippen molar-refractivity contribution in [1.82, 2.24) is 0 Å². The van der Waals surface area contributed by atoms with E-state index >= 15 is 0 Å². The van der Waals surface area contributed by atoms with Gasteiger partial charge in [0, 0.05) is 31.6 Å². The van der Waals surface area contributed by atoms with E-state index in [9.17, 15) is 9.59 Å². The van der Waals surface area contributed by atoms with E-state index in [4.69, 9.17) is 0 Å². The van der Waals surface area contributed by atoms with Crippen molar-refractivity contribution in [3.63, 3.8) is 0 Å². The molecule has 1 heterocycles. The third-order valence-corrected chi connectivity index (χ3v) is 0.557. The second-order valence-electron chi connectivity index (χ2n) is 1.07. The first kappa shape index (κ1) is 7.50. The van der Waals surface area contributed by atoms with E-state index in [0.29, 0.717) is 0 Å². The molecule has 0 aliphatic carbocycles. The number of carbonyl (C=O) groups excluding carboxylic acids is 2. The largest absolute Gasteiger partial charge is 0.387 e. The van der Waals surface area contributed by atoms with E-state index in [-0.39, 0.29) is 19.5 Å². The third-order valence-electron chi connectivity index (χ3n) is 0.557.